The Kier molecular flexibility index (Phi) is 8.12. The molecular formula is C26H36ClN5O3. The molecule has 4 rings (SSSR count). The quantitative estimate of drug-likeness (QED) is 0.539. The summed E-state index contributed by atoms with van der Waals surface area (Å²) in [6.45, 7) is 4.46. The van der Waals surface area contributed by atoms with Gasteiger partial charge in [0.15, 0.2) is 5.78 Å². The van der Waals surface area contributed by atoms with Gasteiger partial charge in [-0.05, 0) is 63.8 Å². The Bertz CT molecular complexity index is 1090. The molecule has 0 radical (unpaired) electrons. The highest BCUT2D eigenvalue weighted by atomic mass is 35.5. The molecule has 1 saturated carbocycles. The van der Waals surface area contributed by atoms with Crippen molar-refractivity contribution in [1.82, 2.24) is 25.3 Å². The number of carbonyl (C=O) groups excluding carboxylic acids is 3. The van der Waals surface area contributed by atoms with Crippen LogP contribution in [-0.2, 0) is 16.1 Å². The number of rotatable bonds is 8. The predicted octanol–water partition coefficient (Wildman–Crippen LogP) is 3.56. The third-order valence-electron chi connectivity index (χ3n) is 7.60. The molecule has 2 aliphatic rings. The summed E-state index contributed by atoms with van der Waals surface area (Å²) in [5, 5.41) is 11.9. The predicted molar refractivity (Wildman–Crippen MR) is 137 cm³/mol. The molecule has 3 atom stereocenters. The van der Waals surface area contributed by atoms with Crippen molar-refractivity contribution in [3.63, 3.8) is 0 Å². The largest absolute Gasteiger partial charge is 0.343 e. The van der Waals surface area contributed by atoms with E-state index in [0.29, 0.717) is 23.8 Å². The molecule has 1 saturated heterocycles. The maximum Gasteiger partial charge on any atom is 0.245 e. The third-order valence-corrected chi connectivity index (χ3v) is 7.84. The van der Waals surface area contributed by atoms with Gasteiger partial charge in [0.25, 0.3) is 0 Å². The van der Waals surface area contributed by atoms with Crippen LogP contribution in [0.25, 0.3) is 10.9 Å². The van der Waals surface area contributed by atoms with Crippen molar-refractivity contribution in [2.75, 3.05) is 13.6 Å². The van der Waals surface area contributed by atoms with E-state index in [9.17, 15) is 14.4 Å². The minimum absolute atomic E-state index is 0.00218. The molecule has 0 spiro atoms. The lowest BCUT2D eigenvalue weighted by atomic mass is 9.83. The summed E-state index contributed by atoms with van der Waals surface area (Å²) in [6.07, 6.45) is 7.02. The van der Waals surface area contributed by atoms with Crippen LogP contribution in [0.4, 0.5) is 0 Å². The number of aromatic nitrogens is 2. The number of amides is 2. The second-order valence-electron chi connectivity index (χ2n) is 9.97. The maximum absolute atomic E-state index is 13.9. The van der Waals surface area contributed by atoms with E-state index < -0.39 is 6.04 Å². The number of likely N-dealkylation sites (N-methyl/N-ethyl adjacent to an activating group) is 1. The zero-order valence-electron chi connectivity index (χ0n) is 20.8. The zero-order valence-corrected chi connectivity index (χ0v) is 21.6. The van der Waals surface area contributed by atoms with Crippen LogP contribution in [0.2, 0.25) is 5.02 Å². The van der Waals surface area contributed by atoms with E-state index in [-0.39, 0.29) is 35.6 Å². The topological polar surface area (TPSA) is 96.3 Å². The number of halogens is 1. The first-order valence-electron chi connectivity index (χ1n) is 12.7. The summed E-state index contributed by atoms with van der Waals surface area (Å²) in [6, 6.07) is 4.51. The first kappa shape index (κ1) is 25.6. The lowest BCUT2D eigenvalue weighted by molar-refractivity contribution is -0.139. The van der Waals surface area contributed by atoms with Gasteiger partial charge < -0.3 is 15.5 Å². The van der Waals surface area contributed by atoms with Gasteiger partial charge in [-0.25, -0.2) is 0 Å². The molecule has 1 aliphatic carbocycles. The van der Waals surface area contributed by atoms with Gasteiger partial charge >= 0.3 is 0 Å². The van der Waals surface area contributed by atoms with Crippen molar-refractivity contribution in [3.05, 3.63) is 28.9 Å². The van der Waals surface area contributed by atoms with Crippen LogP contribution in [0.1, 0.15) is 69.3 Å². The number of fused-ring (bicyclic) bond motifs is 1. The Hall–Kier alpha value is -2.45. The summed E-state index contributed by atoms with van der Waals surface area (Å²) >= 11 is 6.18. The molecule has 0 unspecified atom stereocenters. The van der Waals surface area contributed by atoms with E-state index in [4.69, 9.17) is 11.6 Å². The SMILES string of the molecule is CN[C@@H](C)C(=O)N[C@H](C(=O)N1CCC[C@H]1Cn1nc(C(C)=O)c2cc(Cl)ccc21)C1CCCCC1. The Morgan fingerprint density at radius 1 is 1.14 bits per heavy atom. The van der Waals surface area contributed by atoms with Crippen LogP contribution in [0.15, 0.2) is 18.2 Å². The van der Waals surface area contributed by atoms with Gasteiger partial charge in [-0.2, -0.15) is 5.10 Å². The molecule has 2 fully saturated rings. The van der Waals surface area contributed by atoms with Crippen LogP contribution < -0.4 is 10.6 Å². The normalized spacial score (nSPS) is 20.7. The minimum atomic E-state index is -0.514. The Labute approximate surface area is 211 Å². The minimum Gasteiger partial charge on any atom is -0.343 e. The van der Waals surface area contributed by atoms with Gasteiger partial charge in [0.2, 0.25) is 11.8 Å². The van der Waals surface area contributed by atoms with Gasteiger partial charge in [-0.1, -0.05) is 30.9 Å². The van der Waals surface area contributed by atoms with Gasteiger partial charge in [0.05, 0.1) is 24.1 Å². The number of nitrogens with one attached hydrogen (secondary N) is 2. The molecule has 2 amide bonds. The highest BCUT2D eigenvalue weighted by Gasteiger charge is 2.39. The van der Waals surface area contributed by atoms with Crippen molar-refractivity contribution in [2.24, 2.45) is 5.92 Å². The summed E-state index contributed by atoms with van der Waals surface area (Å²) in [7, 11) is 1.75. The van der Waals surface area contributed by atoms with E-state index in [1.807, 2.05) is 15.6 Å². The molecule has 1 aliphatic heterocycles. The van der Waals surface area contributed by atoms with Crippen LogP contribution in [0.3, 0.4) is 0 Å². The van der Waals surface area contributed by atoms with Gasteiger partial charge in [-0.15, -0.1) is 0 Å². The average Bonchev–Trinajstić information content (AvgIpc) is 3.46. The van der Waals surface area contributed by atoms with Gasteiger partial charge in [-0.3, -0.25) is 19.1 Å². The molecular weight excluding hydrogens is 466 g/mol. The number of ketones is 1. The number of carbonyl (C=O) groups is 3. The number of hydrogen-bond acceptors (Lipinski definition) is 5. The molecule has 1 aromatic heterocycles. The maximum atomic E-state index is 13.9. The highest BCUT2D eigenvalue weighted by Crippen LogP contribution is 2.30. The van der Waals surface area contributed by atoms with Crippen LogP contribution >= 0.6 is 11.6 Å². The summed E-state index contributed by atoms with van der Waals surface area (Å²) < 4.78 is 1.83. The number of benzene rings is 1. The molecule has 2 N–H and O–H groups in total. The van der Waals surface area contributed by atoms with E-state index in [2.05, 4.69) is 15.7 Å². The molecule has 190 valence electrons. The first-order valence-corrected chi connectivity index (χ1v) is 13.1. The second-order valence-corrected chi connectivity index (χ2v) is 10.4. The molecule has 35 heavy (non-hydrogen) atoms. The number of nitrogens with zero attached hydrogens (tertiary/aromatic N) is 3. The van der Waals surface area contributed by atoms with Crippen molar-refractivity contribution >= 4 is 40.1 Å². The van der Waals surface area contributed by atoms with Gasteiger partial charge in [0.1, 0.15) is 11.7 Å². The fourth-order valence-corrected chi connectivity index (χ4v) is 5.67. The van der Waals surface area contributed by atoms with E-state index in [0.717, 1.165) is 49.4 Å². The Morgan fingerprint density at radius 2 is 1.89 bits per heavy atom. The molecule has 2 heterocycles. The van der Waals surface area contributed by atoms with Crippen molar-refractivity contribution in [2.45, 2.75) is 83.5 Å². The molecule has 8 nitrogen and oxygen atoms in total. The standard InChI is InChI=1S/C26H36ClN5O3/c1-16(28-3)25(34)29-24(18-8-5-4-6-9-18)26(35)31-13-7-10-20(31)15-32-22-12-11-19(27)14-21(22)23(30-32)17(2)33/h11-12,14,16,18,20,24,28H,4-10,13,15H2,1-3H3,(H,29,34)/t16-,20-,24-/m0/s1. The first-order chi connectivity index (χ1) is 16.8. The lowest BCUT2D eigenvalue weighted by Gasteiger charge is -2.35. The Balaban J connectivity index is 1.58. The summed E-state index contributed by atoms with van der Waals surface area (Å²) in [4.78, 5) is 40.8. The number of Topliss-reactive ketones (excluding diaryl/α,β-unsaturated/α-hetero) is 1. The summed E-state index contributed by atoms with van der Waals surface area (Å²) in [5.74, 6) is -0.104. The fourth-order valence-electron chi connectivity index (χ4n) is 5.50. The monoisotopic (exact) mass is 501 g/mol. The smallest absolute Gasteiger partial charge is 0.245 e. The van der Waals surface area contributed by atoms with Crippen LogP contribution in [-0.4, -0.2) is 64.0 Å². The van der Waals surface area contributed by atoms with Crippen molar-refractivity contribution in [3.8, 4) is 0 Å². The molecule has 0 bridgehead atoms. The lowest BCUT2D eigenvalue weighted by Crippen LogP contribution is -2.56. The van der Waals surface area contributed by atoms with Crippen molar-refractivity contribution < 1.29 is 14.4 Å². The fraction of sp³-hybridized carbons (Fsp3) is 0.615. The van der Waals surface area contributed by atoms with Crippen molar-refractivity contribution in [1.29, 1.82) is 0 Å². The number of likely N-dealkylation sites (tertiary alicyclic amines) is 1. The molecule has 9 heteroatoms. The van der Waals surface area contributed by atoms with E-state index in [1.165, 1.54) is 13.3 Å². The Morgan fingerprint density at radius 3 is 2.57 bits per heavy atom. The van der Waals surface area contributed by atoms with E-state index in [1.54, 1.807) is 26.1 Å². The average molecular weight is 502 g/mol. The van der Waals surface area contributed by atoms with Crippen LogP contribution in [0.5, 0.6) is 0 Å². The zero-order chi connectivity index (χ0) is 25.1. The van der Waals surface area contributed by atoms with Crippen LogP contribution in [0, 0.1) is 5.92 Å². The highest BCUT2D eigenvalue weighted by molar-refractivity contribution is 6.31. The third kappa shape index (κ3) is 5.54. The van der Waals surface area contributed by atoms with E-state index >= 15 is 0 Å². The number of hydrogen-bond donors (Lipinski definition) is 2. The molecule has 1 aromatic carbocycles. The van der Waals surface area contributed by atoms with Gasteiger partial charge in [0, 0.05) is 23.9 Å². The summed E-state index contributed by atoms with van der Waals surface area (Å²) in [5.41, 5.74) is 1.23. The second kappa shape index (κ2) is 11.1. The molecule has 2 aromatic rings.